The van der Waals surface area contributed by atoms with Gasteiger partial charge in [0, 0.05) is 6.54 Å². The van der Waals surface area contributed by atoms with Crippen LogP contribution in [0.4, 0.5) is 0 Å². The number of halogens is 2. The van der Waals surface area contributed by atoms with Crippen LogP contribution >= 0.6 is 45.2 Å². The second-order valence-electron chi connectivity index (χ2n) is 3.24. The minimum absolute atomic E-state index is 0.155. The van der Waals surface area contributed by atoms with Crippen molar-refractivity contribution in [2.24, 2.45) is 5.73 Å². The van der Waals surface area contributed by atoms with Crippen molar-refractivity contribution in [3.63, 3.8) is 0 Å². The Labute approximate surface area is 116 Å². The number of nitrogens with two attached hydrogens (primary N) is 1. The van der Waals surface area contributed by atoms with Crippen molar-refractivity contribution in [1.29, 1.82) is 0 Å². The standard InChI is InChI=1S/C9H12I2N2O2/c10-6-7(11)9(15)13(8(6)14)5-3-1-2-4-12/h1-5,12H2. The molecular formula is C9H12I2N2O2. The Balaban J connectivity index is 2.46. The molecule has 4 nitrogen and oxygen atoms in total. The van der Waals surface area contributed by atoms with E-state index < -0.39 is 0 Å². The molecule has 6 heteroatoms. The van der Waals surface area contributed by atoms with Gasteiger partial charge in [0.15, 0.2) is 0 Å². The van der Waals surface area contributed by atoms with Crippen LogP contribution in [0.5, 0.6) is 0 Å². The average molecular weight is 434 g/mol. The third-order valence-electron chi connectivity index (χ3n) is 2.14. The van der Waals surface area contributed by atoms with Gasteiger partial charge < -0.3 is 5.73 Å². The number of carbonyl (C=O) groups excluding carboxylic acids is 2. The molecular weight excluding hydrogens is 422 g/mol. The third-order valence-corrected chi connectivity index (χ3v) is 5.18. The summed E-state index contributed by atoms with van der Waals surface area (Å²) in [5, 5.41) is 0. The molecule has 0 aromatic heterocycles. The van der Waals surface area contributed by atoms with Gasteiger partial charge in [0.25, 0.3) is 11.8 Å². The molecule has 0 atom stereocenters. The van der Waals surface area contributed by atoms with E-state index in [1.54, 1.807) is 0 Å². The lowest BCUT2D eigenvalue weighted by Crippen LogP contribution is -2.32. The maximum Gasteiger partial charge on any atom is 0.268 e. The van der Waals surface area contributed by atoms with Crippen molar-refractivity contribution in [2.45, 2.75) is 19.3 Å². The van der Waals surface area contributed by atoms with Crippen LogP contribution in [0.15, 0.2) is 7.16 Å². The first kappa shape index (κ1) is 13.4. The van der Waals surface area contributed by atoms with Crippen LogP contribution in [0, 0.1) is 0 Å². The van der Waals surface area contributed by atoms with Gasteiger partial charge in [0.1, 0.15) is 0 Å². The van der Waals surface area contributed by atoms with Crippen molar-refractivity contribution in [3.05, 3.63) is 7.16 Å². The molecule has 0 bridgehead atoms. The van der Waals surface area contributed by atoms with Gasteiger partial charge in [0.2, 0.25) is 0 Å². The second kappa shape index (κ2) is 6.14. The molecule has 1 aliphatic rings. The van der Waals surface area contributed by atoms with Crippen molar-refractivity contribution in [2.75, 3.05) is 13.1 Å². The minimum atomic E-state index is -0.155. The molecule has 0 unspecified atom stereocenters. The van der Waals surface area contributed by atoms with Gasteiger partial charge in [-0.05, 0) is 64.6 Å². The SMILES string of the molecule is NCCCCCN1C(=O)C(I)=C(I)C1=O. The molecule has 0 saturated heterocycles. The third kappa shape index (κ3) is 3.13. The average Bonchev–Trinajstić information content (AvgIpc) is 2.41. The van der Waals surface area contributed by atoms with E-state index in [2.05, 4.69) is 0 Å². The number of nitrogens with zero attached hydrogens (tertiary/aromatic N) is 1. The Kier molecular flexibility index (Phi) is 5.47. The maximum atomic E-state index is 11.6. The van der Waals surface area contributed by atoms with Crippen molar-refractivity contribution in [3.8, 4) is 0 Å². The van der Waals surface area contributed by atoms with E-state index in [0.717, 1.165) is 19.3 Å². The molecule has 0 aromatic carbocycles. The highest BCUT2D eigenvalue weighted by Crippen LogP contribution is 2.30. The molecule has 0 saturated carbocycles. The fraction of sp³-hybridized carbons (Fsp3) is 0.556. The maximum absolute atomic E-state index is 11.6. The van der Waals surface area contributed by atoms with E-state index in [1.807, 2.05) is 45.2 Å². The zero-order chi connectivity index (χ0) is 11.4. The van der Waals surface area contributed by atoms with E-state index in [-0.39, 0.29) is 11.8 Å². The molecule has 1 rings (SSSR count). The zero-order valence-corrected chi connectivity index (χ0v) is 12.4. The molecule has 2 amide bonds. The van der Waals surface area contributed by atoms with Crippen LogP contribution in [0.1, 0.15) is 19.3 Å². The number of rotatable bonds is 5. The molecule has 0 aromatic rings. The van der Waals surface area contributed by atoms with Crippen LogP contribution in [-0.2, 0) is 9.59 Å². The summed E-state index contributed by atoms with van der Waals surface area (Å²) in [5.41, 5.74) is 5.36. The molecule has 0 aliphatic carbocycles. The van der Waals surface area contributed by atoms with Crippen LogP contribution in [0.25, 0.3) is 0 Å². The molecule has 0 spiro atoms. The first-order chi connectivity index (χ1) is 7.09. The Morgan fingerprint density at radius 2 is 1.53 bits per heavy atom. The van der Waals surface area contributed by atoms with E-state index >= 15 is 0 Å². The lowest BCUT2D eigenvalue weighted by atomic mass is 10.2. The van der Waals surface area contributed by atoms with E-state index in [9.17, 15) is 9.59 Å². The van der Waals surface area contributed by atoms with Crippen LogP contribution < -0.4 is 5.73 Å². The smallest absolute Gasteiger partial charge is 0.268 e. The highest BCUT2D eigenvalue weighted by molar-refractivity contribution is 14.1. The highest BCUT2D eigenvalue weighted by atomic mass is 127. The van der Waals surface area contributed by atoms with Gasteiger partial charge in [-0.15, -0.1) is 0 Å². The van der Waals surface area contributed by atoms with Crippen molar-refractivity contribution >= 4 is 57.0 Å². The summed E-state index contributed by atoms with van der Waals surface area (Å²) in [7, 11) is 0. The fourth-order valence-corrected chi connectivity index (χ4v) is 2.35. The first-order valence-corrected chi connectivity index (χ1v) is 6.87. The number of hydrogen-bond acceptors (Lipinski definition) is 3. The van der Waals surface area contributed by atoms with E-state index in [0.29, 0.717) is 20.2 Å². The van der Waals surface area contributed by atoms with Gasteiger partial charge >= 0.3 is 0 Å². The summed E-state index contributed by atoms with van der Waals surface area (Å²) < 4.78 is 1.08. The Morgan fingerprint density at radius 1 is 1.00 bits per heavy atom. The first-order valence-electron chi connectivity index (χ1n) is 4.71. The number of carbonyl (C=O) groups is 2. The summed E-state index contributed by atoms with van der Waals surface area (Å²) >= 11 is 3.85. The molecule has 2 N–H and O–H groups in total. The zero-order valence-electron chi connectivity index (χ0n) is 8.13. The number of unbranched alkanes of at least 4 members (excludes halogenated alkanes) is 2. The summed E-state index contributed by atoms with van der Waals surface area (Å²) in [5.74, 6) is -0.310. The quantitative estimate of drug-likeness (QED) is 0.406. The van der Waals surface area contributed by atoms with Crippen LogP contribution in [0.3, 0.4) is 0 Å². The molecule has 0 fully saturated rings. The van der Waals surface area contributed by atoms with Crippen molar-refractivity contribution in [1.82, 2.24) is 4.90 Å². The normalized spacial score (nSPS) is 16.9. The van der Waals surface area contributed by atoms with Crippen molar-refractivity contribution < 1.29 is 9.59 Å². The van der Waals surface area contributed by atoms with Crippen LogP contribution in [-0.4, -0.2) is 29.8 Å². The number of amides is 2. The monoisotopic (exact) mass is 434 g/mol. The van der Waals surface area contributed by atoms with Gasteiger partial charge in [-0.25, -0.2) is 0 Å². The Hall–Kier alpha value is 0.300. The predicted octanol–water partition coefficient (Wildman–Crippen LogP) is 1.57. The predicted molar refractivity (Wildman–Crippen MR) is 74.7 cm³/mol. The van der Waals surface area contributed by atoms with Gasteiger partial charge in [-0.2, -0.15) is 0 Å². The Morgan fingerprint density at radius 3 is 2.00 bits per heavy atom. The summed E-state index contributed by atoms with van der Waals surface area (Å²) in [6.07, 6.45) is 2.74. The number of hydrogen-bond donors (Lipinski definition) is 1. The van der Waals surface area contributed by atoms with Gasteiger partial charge in [0.05, 0.1) is 7.16 Å². The van der Waals surface area contributed by atoms with Crippen LogP contribution in [0.2, 0.25) is 0 Å². The second-order valence-corrected chi connectivity index (χ2v) is 5.40. The fourth-order valence-electron chi connectivity index (χ4n) is 1.31. The summed E-state index contributed by atoms with van der Waals surface area (Å²) in [4.78, 5) is 24.5. The lowest BCUT2D eigenvalue weighted by molar-refractivity contribution is -0.136. The molecule has 1 aliphatic heterocycles. The van der Waals surface area contributed by atoms with Gasteiger partial charge in [-0.3, -0.25) is 14.5 Å². The van der Waals surface area contributed by atoms with E-state index in [4.69, 9.17) is 5.73 Å². The summed E-state index contributed by atoms with van der Waals surface area (Å²) in [6.45, 7) is 1.17. The van der Waals surface area contributed by atoms with Gasteiger partial charge in [-0.1, -0.05) is 6.42 Å². The molecule has 15 heavy (non-hydrogen) atoms. The molecule has 1 heterocycles. The minimum Gasteiger partial charge on any atom is -0.330 e. The molecule has 84 valence electrons. The lowest BCUT2D eigenvalue weighted by Gasteiger charge is -2.13. The Bertz CT molecular complexity index is 291. The topological polar surface area (TPSA) is 63.4 Å². The largest absolute Gasteiger partial charge is 0.330 e. The summed E-state index contributed by atoms with van der Waals surface area (Å²) in [6, 6.07) is 0. The molecule has 0 radical (unpaired) electrons. The number of imide groups is 1. The highest BCUT2D eigenvalue weighted by Gasteiger charge is 2.34. The van der Waals surface area contributed by atoms with E-state index in [1.165, 1.54) is 4.90 Å².